The quantitative estimate of drug-likeness (QED) is 0.627. The fourth-order valence-electron chi connectivity index (χ4n) is 2.86. The summed E-state index contributed by atoms with van der Waals surface area (Å²) >= 11 is 5.95. The van der Waals surface area contributed by atoms with Crippen LogP contribution in [0.15, 0.2) is 48.5 Å². The summed E-state index contributed by atoms with van der Waals surface area (Å²) in [7, 11) is 0. The first-order chi connectivity index (χ1) is 13.9. The number of hydrogen-bond donors (Lipinski definition) is 1. The van der Waals surface area contributed by atoms with E-state index in [0.29, 0.717) is 23.7 Å². The number of carbonyl (C=O) groups is 2. The molecule has 7 heteroatoms. The van der Waals surface area contributed by atoms with Crippen molar-refractivity contribution in [2.75, 3.05) is 13.2 Å². The summed E-state index contributed by atoms with van der Waals surface area (Å²) in [5.74, 6) is -0.444. The zero-order valence-electron chi connectivity index (χ0n) is 16.7. The van der Waals surface area contributed by atoms with Gasteiger partial charge in [0, 0.05) is 18.1 Å². The predicted molar refractivity (Wildman–Crippen MR) is 111 cm³/mol. The Morgan fingerprint density at radius 1 is 1.17 bits per heavy atom. The second kappa shape index (κ2) is 11.4. The number of nitrogens with zero attached hydrogens (tertiary/aromatic N) is 1. The first kappa shape index (κ1) is 22.7. The van der Waals surface area contributed by atoms with Crippen LogP contribution >= 0.6 is 11.6 Å². The molecule has 1 atom stereocenters. The van der Waals surface area contributed by atoms with Crippen LogP contribution < -0.4 is 10.1 Å². The largest absolute Gasteiger partial charge is 0.484 e. The van der Waals surface area contributed by atoms with Crippen molar-refractivity contribution in [1.82, 2.24) is 10.2 Å². The molecule has 0 spiro atoms. The first-order valence-electron chi connectivity index (χ1n) is 9.64. The van der Waals surface area contributed by atoms with E-state index in [-0.39, 0.29) is 30.8 Å². The third-order valence-corrected chi connectivity index (χ3v) is 4.59. The monoisotopic (exact) mass is 420 g/mol. The van der Waals surface area contributed by atoms with Crippen molar-refractivity contribution in [2.24, 2.45) is 0 Å². The van der Waals surface area contributed by atoms with Gasteiger partial charge in [0.1, 0.15) is 17.6 Å². The van der Waals surface area contributed by atoms with Crippen LogP contribution in [-0.2, 0) is 16.1 Å². The molecule has 0 saturated heterocycles. The van der Waals surface area contributed by atoms with Gasteiger partial charge < -0.3 is 15.0 Å². The number of carbonyl (C=O) groups excluding carboxylic acids is 2. The highest BCUT2D eigenvalue weighted by Crippen LogP contribution is 2.18. The van der Waals surface area contributed by atoms with Gasteiger partial charge in [0.2, 0.25) is 5.91 Å². The maximum Gasteiger partial charge on any atom is 0.261 e. The lowest BCUT2D eigenvalue weighted by Gasteiger charge is -2.30. The van der Waals surface area contributed by atoms with E-state index in [1.165, 1.54) is 17.0 Å². The highest BCUT2D eigenvalue weighted by atomic mass is 35.5. The Morgan fingerprint density at radius 3 is 2.52 bits per heavy atom. The molecular formula is C22H26ClFN2O3. The van der Waals surface area contributed by atoms with E-state index in [1.54, 1.807) is 36.4 Å². The smallest absolute Gasteiger partial charge is 0.261 e. The van der Waals surface area contributed by atoms with Crippen LogP contribution in [0.3, 0.4) is 0 Å². The highest BCUT2D eigenvalue weighted by Gasteiger charge is 2.28. The number of benzene rings is 2. The first-order valence-corrected chi connectivity index (χ1v) is 10.0. The van der Waals surface area contributed by atoms with Crippen molar-refractivity contribution in [3.8, 4) is 5.75 Å². The molecule has 5 nitrogen and oxygen atoms in total. The van der Waals surface area contributed by atoms with Gasteiger partial charge in [0.15, 0.2) is 6.61 Å². The number of hydrogen-bond acceptors (Lipinski definition) is 3. The molecule has 2 aromatic rings. The van der Waals surface area contributed by atoms with Gasteiger partial charge in [0.25, 0.3) is 5.91 Å². The molecule has 2 amide bonds. The molecule has 2 rings (SSSR count). The van der Waals surface area contributed by atoms with Gasteiger partial charge in [-0.1, -0.05) is 43.6 Å². The van der Waals surface area contributed by atoms with Crippen molar-refractivity contribution in [1.29, 1.82) is 0 Å². The van der Waals surface area contributed by atoms with E-state index in [2.05, 4.69) is 5.32 Å². The van der Waals surface area contributed by atoms with Crippen molar-refractivity contribution < 1.29 is 18.7 Å². The molecular weight excluding hydrogens is 395 g/mol. The third-order valence-electron chi connectivity index (χ3n) is 4.36. The minimum atomic E-state index is -0.651. The Labute approximate surface area is 175 Å². The maximum absolute atomic E-state index is 13.2. The number of nitrogens with one attached hydrogen (secondary N) is 1. The van der Waals surface area contributed by atoms with Crippen LogP contribution in [-0.4, -0.2) is 35.9 Å². The Bertz CT molecular complexity index is 814. The Morgan fingerprint density at radius 2 is 1.90 bits per heavy atom. The summed E-state index contributed by atoms with van der Waals surface area (Å²) in [4.78, 5) is 27.1. The summed E-state index contributed by atoms with van der Waals surface area (Å²) in [6.45, 7) is 4.28. The zero-order chi connectivity index (χ0) is 21.2. The molecule has 0 aliphatic carbocycles. The molecule has 156 valence electrons. The second-order valence-corrected chi connectivity index (χ2v) is 7.05. The van der Waals surface area contributed by atoms with Gasteiger partial charge >= 0.3 is 0 Å². The molecule has 0 unspecified atom stereocenters. The van der Waals surface area contributed by atoms with Crippen LogP contribution in [0.5, 0.6) is 5.75 Å². The predicted octanol–water partition coefficient (Wildman–Crippen LogP) is 4.19. The van der Waals surface area contributed by atoms with Crippen molar-refractivity contribution >= 4 is 23.4 Å². The highest BCUT2D eigenvalue weighted by molar-refractivity contribution is 6.30. The van der Waals surface area contributed by atoms with Crippen molar-refractivity contribution in [2.45, 2.75) is 39.3 Å². The lowest BCUT2D eigenvalue weighted by atomic mass is 10.1. The lowest BCUT2D eigenvalue weighted by molar-refractivity contribution is -0.143. The van der Waals surface area contributed by atoms with Gasteiger partial charge in [0.05, 0.1) is 0 Å². The minimum absolute atomic E-state index is 0.177. The molecule has 2 aromatic carbocycles. The van der Waals surface area contributed by atoms with E-state index in [9.17, 15) is 14.0 Å². The average molecular weight is 421 g/mol. The fourth-order valence-corrected chi connectivity index (χ4v) is 3.04. The van der Waals surface area contributed by atoms with Gasteiger partial charge in [-0.2, -0.15) is 0 Å². The van der Waals surface area contributed by atoms with Crippen LogP contribution in [0, 0.1) is 5.82 Å². The fraction of sp³-hybridized carbons (Fsp3) is 0.364. The standard InChI is InChI=1S/C22H26ClFN2O3/c1-3-12-25-22(28)20(4-2)26(14-16-8-10-18(24)11-9-16)21(27)15-29-19-7-5-6-17(23)13-19/h5-11,13,20H,3-4,12,14-15H2,1-2H3,(H,25,28)/t20-/m0/s1. The number of rotatable bonds is 10. The molecule has 0 bridgehead atoms. The van der Waals surface area contributed by atoms with E-state index in [4.69, 9.17) is 16.3 Å². The van der Waals surface area contributed by atoms with Crippen LogP contribution in [0.2, 0.25) is 5.02 Å². The number of halogens is 2. The second-order valence-electron chi connectivity index (χ2n) is 6.61. The lowest BCUT2D eigenvalue weighted by Crippen LogP contribution is -2.50. The molecule has 0 aliphatic rings. The van der Waals surface area contributed by atoms with E-state index < -0.39 is 6.04 Å². The Balaban J connectivity index is 2.17. The maximum atomic E-state index is 13.2. The van der Waals surface area contributed by atoms with E-state index in [0.717, 1.165) is 12.0 Å². The molecule has 0 fully saturated rings. The summed E-state index contributed by atoms with van der Waals surface area (Å²) in [5, 5.41) is 3.35. The van der Waals surface area contributed by atoms with Gasteiger partial charge in [-0.15, -0.1) is 0 Å². The SMILES string of the molecule is CCCNC(=O)[C@H](CC)N(Cc1ccc(F)cc1)C(=O)COc1cccc(Cl)c1. The molecule has 0 aliphatic heterocycles. The molecule has 1 N–H and O–H groups in total. The minimum Gasteiger partial charge on any atom is -0.484 e. The third kappa shape index (κ3) is 7.06. The average Bonchev–Trinajstić information content (AvgIpc) is 2.71. The van der Waals surface area contributed by atoms with Crippen LogP contribution in [0.25, 0.3) is 0 Å². The Kier molecular flexibility index (Phi) is 8.93. The summed E-state index contributed by atoms with van der Waals surface area (Å²) < 4.78 is 18.8. The topological polar surface area (TPSA) is 58.6 Å². The summed E-state index contributed by atoms with van der Waals surface area (Å²) in [6, 6.07) is 12.0. The van der Waals surface area contributed by atoms with Gasteiger partial charge in [-0.3, -0.25) is 9.59 Å². The van der Waals surface area contributed by atoms with E-state index in [1.807, 2.05) is 13.8 Å². The number of ether oxygens (including phenoxy) is 1. The summed E-state index contributed by atoms with van der Waals surface area (Å²) in [5.41, 5.74) is 0.726. The molecule has 0 heterocycles. The van der Waals surface area contributed by atoms with Gasteiger partial charge in [-0.05, 0) is 48.7 Å². The molecule has 0 aromatic heterocycles. The molecule has 0 saturated carbocycles. The zero-order valence-corrected chi connectivity index (χ0v) is 17.4. The molecule has 0 radical (unpaired) electrons. The molecule has 29 heavy (non-hydrogen) atoms. The van der Waals surface area contributed by atoms with Gasteiger partial charge in [-0.25, -0.2) is 4.39 Å². The van der Waals surface area contributed by atoms with Crippen molar-refractivity contribution in [3.05, 3.63) is 64.9 Å². The van der Waals surface area contributed by atoms with E-state index >= 15 is 0 Å². The van der Waals surface area contributed by atoms with Crippen LogP contribution in [0.1, 0.15) is 32.3 Å². The Hall–Kier alpha value is -2.60. The summed E-state index contributed by atoms with van der Waals surface area (Å²) in [6.07, 6.45) is 1.24. The number of amides is 2. The van der Waals surface area contributed by atoms with Crippen molar-refractivity contribution in [3.63, 3.8) is 0 Å². The normalized spacial score (nSPS) is 11.6. The van der Waals surface area contributed by atoms with Crippen LogP contribution in [0.4, 0.5) is 4.39 Å².